The summed E-state index contributed by atoms with van der Waals surface area (Å²) in [5.74, 6) is 0.655. The molecule has 0 atom stereocenters. The summed E-state index contributed by atoms with van der Waals surface area (Å²) in [7, 11) is 0. The van der Waals surface area contributed by atoms with E-state index in [2.05, 4.69) is 40.4 Å². The number of ether oxygens (including phenoxy) is 1. The lowest BCUT2D eigenvalue weighted by Gasteiger charge is -2.13. The molecule has 0 radical (unpaired) electrons. The summed E-state index contributed by atoms with van der Waals surface area (Å²) in [5.41, 5.74) is 1.04. The topological polar surface area (TPSA) is 50.4 Å². The number of amides is 1. The number of benzene rings is 1. The number of unbranched alkanes of at least 4 members (excludes halogenated alkanes) is 1. The number of carbonyl (C=O) groups excluding carboxylic acids is 1. The first-order valence-corrected chi connectivity index (χ1v) is 7.85. The molecule has 0 unspecified atom stereocenters. The first kappa shape index (κ1) is 17.0. The summed E-state index contributed by atoms with van der Waals surface area (Å²) in [6.45, 7) is 6.52. The highest BCUT2D eigenvalue weighted by Gasteiger charge is 2.10. The van der Waals surface area contributed by atoms with Crippen molar-refractivity contribution in [3.63, 3.8) is 0 Å². The standard InChI is InChI=1S/C15H23BrN2O2/c1-3-5-9-18-14(19)11-20-15-12(10-17-4-2)7-6-8-13(15)16/h6-8,17H,3-5,9-11H2,1-2H3,(H,18,19). The third kappa shape index (κ3) is 5.92. The smallest absolute Gasteiger partial charge is 0.257 e. The van der Waals surface area contributed by atoms with E-state index in [1.807, 2.05) is 18.2 Å². The molecule has 0 heterocycles. The maximum Gasteiger partial charge on any atom is 0.257 e. The van der Waals surface area contributed by atoms with E-state index in [-0.39, 0.29) is 12.5 Å². The Kier molecular flexibility index (Phi) is 8.30. The molecule has 0 spiro atoms. The predicted octanol–water partition coefficient (Wildman–Crippen LogP) is 2.85. The largest absolute Gasteiger partial charge is 0.482 e. The highest BCUT2D eigenvalue weighted by Crippen LogP contribution is 2.29. The van der Waals surface area contributed by atoms with Gasteiger partial charge < -0.3 is 15.4 Å². The van der Waals surface area contributed by atoms with Gasteiger partial charge in [-0.2, -0.15) is 0 Å². The van der Waals surface area contributed by atoms with Crippen LogP contribution in [0.4, 0.5) is 0 Å². The van der Waals surface area contributed by atoms with Crippen LogP contribution in [-0.4, -0.2) is 25.6 Å². The van der Waals surface area contributed by atoms with Crippen LogP contribution in [0.15, 0.2) is 22.7 Å². The second kappa shape index (κ2) is 9.77. The fourth-order valence-corrected chi connectivity index (χ4v) is 2.23. The van der Waals surface area contributed by atoms with Crippen molar-refractivity contribution >= 4 is 21.8 Å². The molecule has 0 aliphatic heterocycles. The zero-order valence-electron chi connectivity index (χ0n) is 12.2. The first-order valence-electron chi connectivity index (χ1n) is 7.06. The highest BCUT2D eigenvalue weighted by atomic mass is 79.9. The van der Waals surface area contributed by atoms with Crippen molar-refractivity contribution < 1.29 is 9.53 Å². The van der Waals surface area contributed by atoms with Gasteiger partial charge in [-0.15, -0.1) is 0 Å². The van der Waals surface area contributed by atoms with E-state index in [0.717, 1.165) is 41.7 Å². The lowest BCUT2D eigenvalue weighted by atomic mass is 10.2. The van der Waals surface area contributed by atoms with Gasteiger partial charge in [0.1, 0.15) is 5.75 Å². The molecule has 4 nitrogen and oxygen atoms in total. The highest BCUT2D eigenvalue weighted by molar-refractivity contribution is 9.10. The molecule has 112 valence electrons. The number of carbonyl (C=O) groups is 1. The van der Waals surface area contributed by atoms with Crippen LogP contribution >= 0.6 is 15.9 Å². The maximum absolute atomic E-state index is 11.7. The number of hydrogen-bond acceptors (Lipinski definition) is 3. The Labute approximate surface area is 129 Å². The van der Waals surface area contributed by atoms with Crippen LogP contribution in [0.25, 0.3) is 0 Å². The molecule has 0 saturated heterocycles. The molecule has 0 saturated carbocycles. The van der Waals surface area contributed by atoms with E-state index in [4.69, 9.17) is 4.74 Å². The molecule has 5 heteroatoms. The van der Waals surface area contributed by atoms with Gasteiger partial charge in [-0.1, -0.05) is 32.4 Å². The minimum absolute atomic E-state index is 0.0471. The Morgan fingerprint density at radius 3 is 2.85 bits per heavy atom. The van der Waals surface area contributed by atoms with Crippen LogP contribution in [0, 0.1) is 0 Å². The van der Waals surface area contributed by atoms with Crippen LogP contribution in [0.1, 0.15) is 32.3 Å². The molecule has 0 aromatic heterocycles. The maximum atomic E-state index is 11.7. The van der Waals surface area contributed by atoms with Gasteiger partial charge in [0.05, 0.1) is 4.47 Å². The van der Waals surface area contributed by atoms with Crippen molar-refractivity contribution in [2.75, 3.05) is 19.7 Å². The number of halogens is 1. The number of nitrogens with one attached hydrogen (secondary N) is 2. The summed E-state index contributed by atoms with van der Waals surface area (Å²) in [6.07, 6.45) is 2.06. The average molecular weight is 343 g/mol. The van der Waals surface area contributed by atoms with Crippen LogP contribution in [-0.2, 0) is 11.3 Å². The van der Waals surface area contributed by atoms with Crippen LogP contribution in [0.5, 0.6) is 5.75 Å². The van der Waals surface area contributed by atoms with Crippen molar-refractivity contribution in [3.05, 3.63) is 28.2 Å². The van der Waals surface area contributed by atoms with E-state index in [0.29, 0.717) is 6.54 Å². The van der Waals surface area contributed by atoms with Crippen molar-refractivity contribution in [2.45, 2.75) is 33.2 Å². The molecule has 1 amide bonds. The fraction of sp³-hybridized carbons (Fsp3) is 0.533. The number of hydrogen-bond donors (Lipinski definition) is 2. The Bertz CT molecular complexity index is 424. The minimum atomic E-state index is -0.0800. The van der Waals surface area contributed by atoms with Crippen molar-refractivity contribution in [1.29, 1.82) is 0 Å². The lowest BCUT2D eigenvalue weighted by Crippen LogP contribution is -2.30. The summed E-state index contributed by atoms with van der Waals surface area (Å²) >= 11 is 3.47. The van der Waals surface area contributed by atoms with Gasteiger partial charge in [0, 0.05) is 18.7 Å². The van der Waals surface area contributed by atoms with Gasteiger partial charge in [0.15, 0.2) is 6.61 Å². The molecule has 1 aromatic carbocycles. The van der Waals surface area contributed by atoms with Crippen LogP contribution in [0.3, 0.4) is 0 Å². The summed E-state index contributed by atoms with van der Waals surface area (Å²) < 4.78 is 6.53. The monoisotopic (exact) mass is 342 g/mol. The van der Waals surface area contributed by atoms with Gasteiger partial charge in [-0.05, 0) is 35.0 Å². The Hall–Kier alpha value is -1.07. The molecule has 0 aliphatic rings. The van der Waals surface area contributed by atoms with Crippen molar-refractivity contribution in [2.24, 2.45) is 0 Å². The summed E-state index contributed by atoms with van der Waals surface area (Å²) in [5, 5.41) is 6.10. The second-order valence-electron chi connectivity index (χ2n) is 4.50. The third-order valence-electron chi connectivity index (χ3n) is 2.81. The molecular weight excluding hydrogens is 320 g/mol. The van der Waals surface area contributed by atoms with Gasteiger partial charge in [-0.3, -0.25) is 4.79 Å². The zero-order chi connectivity index (χ0) is 14.8. The molecule has 20 heavy (non-hydrogen) atoms. The predicted molar refractivity (Wildman–Crippen MR) is 84.9 cm³/mol. The minimum Gasteiger partial charge on any atom is -0.482 e. The van der Waals surface area contributed by atoms with E-state index in [1.165, 1.54) is 0 Å². The molecule has 2 N–H and O–H groups in total. The molecule has 0 fully saturated rings. The van der Waals surface area contributed by atoms with Crippen molar-refractivity contribution in [1.82, 2.24) is 10.6 Å². The van der Waals surface area contributed by atoms with Crippen LogP contribution in [0.2, 0.25) is 0 Å². The Balaban J connectivity index is 2.55. The average Bonchev–Trinajstić information content (AvgIpc) is 2.44. The van der Waals surface area contributed by atoms with Gasteiger partial charge in [0.25, 0.3) is 5.91 Å². The van der Waals surface area contributed by atoms with Gasteiger partial charge >= 0.3 is 0 Å². The fourth-order valence-electron chi connectivity index (χ4n) is 1.71. The zero-order valence-corrected chi connectivity index (χ0v) is 13.8. The first-order chi connectivity index (χ1) is 9.69. The Morgan fingerprint density at radius 1 is 1.35 bits per heavy atom. The second-order valence-corrected chi connectivity index (χ2v) is 5.35. The summed E-state index contributed by atoms with van der Waals surface area (Å²) in [6, 6.07) is 5.88. The molecule has 0 aliphatic carbocycles. The molecular formula is C15H23BrN2O2. The van der Waals surface area contributed by atoms with Gasteiger partial charge in [-0.25, -0.2) is 0 Å². The molecule has 1 rings (SSSR count). The van der Waals surface area contributed by atoms with Gasteiger partial charge in [0.2, 0.25) is 0 Å². The molecule has 0 bridgehead atoms. The summed E-state index contributed by atoms with van der Waals surface area (Å²) in [4.78, 5) is 11.7. The quantitative estimate of drug-likeness (QED) is 0.678. The lowest BCUT2D eigenvalue weighted by molar-refractivity contribution is -0.123. The number of para-hydroxylation sites is 1. The molecule has 1 aromatic rings. The van der Waals surface area contributed by atoms with E-state index in [1.54, 1.807) is 0 Å². The Morgan fingerprint density at radius 2 is 2.15 bits per heavy atom. The van der Waals surface area contributed by atoms with E-state index < -0.39 is 0 Å². The van der Waals surface area contributed by atoms with Crippen molar-refractivity contribution in [3.8, 4) is 5.75 Å². The van der Waals surface area contributed by atoms with E-state index >= 15 is 0 Å². The van der Waals surface area contributed by atoms with Crippen LogP contribution < -0.4 is 15.4 Å². The third-order valence-corrected chi connectivity index (χ3v) is 3.44. The van der Waals surface area contributed by atoms with E-state index in [9.17, 15) is 4.79 Å². The normalized spacial score (nSPS) is 10.3. The number of rotatable bonds is 9. The SMILES string of the molecule is CCCCNC(=O)COc1c(Br)cccc1CNCC.